The molecular weight excluding hydrogens is 336 g/mol. The maximum atomic E-state index is 12.2. The Labute approximate surface area is 152 Å². The van der Waals surface area contributed by atoms with E-state index in [9.17, 15) is 4.79 Å². The summed E-state index contributed by atoms with van der Waals surface area (Å²) in [6.07, 6.45) is 9.23. The molecule has 2 aromatic rings. The van der Waals surface area contributed by atoms with Crippen LogP contribution in [0.5, 0.6) is 0 Å². The van der Waals surface area contributed by atoms with E-state index in [1.165, 1.54) is 31.0 Å². The number of nitrogens with zero attached hydrogens (tertiary/aromatic N) is 3. The fourth-order valence-electron chi connectivity index (χ4n) is 3.13. The Kier molecular flexibility index (Phi) is 5.96. The minimum absolute atomic E-state index is 0.0253. The zero-order valence-electron chi connectivity index (χ0n) is 14.5. The number of amides is 1. The summed E-state index contributed by atoms with van der Waals surface area (Å²) in [6.45, 7) is 5.98. The van der Waals surface area contributed by atoms with Gasteiger partial charge in [-0.15, -0.1) is 16.8 Å². The van der Waals surface area contributed by atoms with Crippen LogP contribution in [0, 0.1) is 0 Å². The lowest BCUT2D eigenvalue weighted by atomic mass is 9.95. The molecule has 1 fully saturated rings. The zero-order valence-corrected chi connectivity index (χ0v) is 15.3. The Bertz CT molecular complexity index is 705. The first kappa shape index (κ1) is 17.8. The molecule has 1 amide bonds. The highest BCUT2D eigenvalue weighted by molar-refractivity contribution is 8.00. The number of rotatable bonds is 7. The van der Waals surface area contributed by atoms with E-state index in [4.69, 9.17) is 4.42 Å². The van der Waals surface area contributed by atoms with Crippen LogP contribution in [0.1, 0.15) is 45.1 Å². The first-order valence-electron chi connectivity index (χ1n) is 8.74. The Morgan fingerprint density at radius 2 is 2.28 bits per heavy atom. The molecule has 0 radical (unpaired) electrons. The molecule has 1 aliphatic carbocycles. The molecule has 134 valence electrons. The SMILES string of the molecule is C=CCNC(=O)C(C)Sc1nnc(-c2ccco2)n1C1CCCCC1. The number of aromatic nitrogens is 3. The van der Waals surface area contributed by atoms with Gasteiger partial charge in [-0.1, -0.05) is 37.1 Å². The van der Waals surface area contributed by atoms with E-state index in [-0.39, 0.29) is 11.2 Å². The predicted molar refractivity (Wildman–Crippen MR) is 98.4 cm³/mol. The van der Waals surface area contributed by atoms with Crippen molar-refractivity contribution in [2.24, 2.45) is 0 Å². The minimum Gasteiger partial charge on any atom is -0.461 e. The van der Waals surface area contributed by atoms with Crippen LogP contribution in [0.4, 0.5) is 0 Å². The molecule has 0 aliphatic heterocycles. The lowest BCUT2D eigenvalue weighted by Crippen LogP contribution is -2.31. The molecule has 6 nitrogen and oxygen atoms in total. The largest absolute Gasteiger partial charge is 0.461 e. The van der Waals surface area contributed by atoms with E-state index >= 15 is 0 Å². The van der Waals surface area contributed by atoms with Crippen molar-refractivity contribution in [3.05, 3.63) is 31.1 Å². The second-order valence-corrected chi connectivity index (χ2v) is 7.55. The third-order valence-electron chi connectivity index (χ3n) is 4.42. The molecule has 2 aromatic heterocycles. The van der Waals surface area contributed by atoms with Crippen LogP contribution in [-0.4, -0.2) is 32.5 Å². The van der Waals surface area contributed by atoms with Gasteiger partial charge in [-0.05, 0) is 31.9 Å². The molecule has 1 unspecified atom stereocenters. The van der Waals surface area contributed by atoms with Crippen molar-refractivity contribution in [3.8, 4) is 11.6 Å². The summed E-state index contributed by atoms with van der Waals surface area (Å²) in [4.78, 5) is 12.2. The molecular formula is C18H24N4O2S. The molecule has 25 heavy (non-hydrogen) atoms. The Hall–Kier alpha value is -2.02. The van der Waals surface area contributed by atoms with Crippen molar-refractivity contribution in [1.29, 1.82) is 0 Å². The highest BCUT2D eigenvalue weighted by Gasteiger charge is 2.27. The van der Waals surface area contributed by atoms with Crippen LogP contribution < -0.4 is 5.32 Å². The Balaban J connectivity index is 1.85. The van der Waals surface area contributed by atoms with Crippen LogP contribution in [-0.2, 0) is 4.79 Å². The van der Waals surface area contributed by atoms with Crippen molar-refractivity contribution in [3.63, 3.8) is 0 Å². The van der Waals surface area contributed by atoms with Gasteiger partial charge in [0.25, 0.3) is 0 Å². The van der Waals surface area contributed by atoms with Crippen molar-refractivity contribution >= 4 is 17.7 Å². The van der Waals surface area contributed by atoms with Gasteiger partial charge < -0.3 is 9.73 Å². The fourth-order valence-corrected chi connectivity index (χ4v) is 4.07. The smallest absolute Gasteiger partial charge is 0.233 e. The summed E-state index contributed by atoms with van der Waals surface area (Å²) in [5.74, 6) is 1.44. The quantitative estimate of drug-likeness (QED) is 0.600. The molecule has 0 aromatic carbocycles. The number of hydrogen-bond donors (Lipinski definition) is 1. The summed E-state index contributed by atoms with van der Waals surface area (Å²) in [6, 6.07) is 4.11. The first-order chi connectivity index (χ1) is 12.2. The molecule has 1 atom stereocenters. The number of furan rings is 1. The summed E-state index contributed by atoms with van der Waals surface area (Å²) >= 11 is 1.44. The van der Waals surface area contributed by atoms with E-state index in [1.807, 2.05) is 19.1 Å². The molecule has 0 bridgehead atoms. The van der Waals surface area contributed by atoms with E-state index in [2.05, 4.69) is 26.7 Å². The van der Waals surface area contributed by atoms with Gasteiger partial charge in [0, 0.05) is 12.6 Å². The van der Waals surface area contributed by atoms with Crippen molar-refractivity contribution in [1.82, 2.24) is 20.1 Å². The molecule has 0 saturated heterocycles. The van der Waals surface area contributed by atoms with Gasteiger partial charge in [0.15, 0.2) is 10.9 Å². The third-order valence-corrected chi connectivity index (χ3v) is 5.47. The summed E-state index contributed by atoms with van der Waals surface area (Å²) in [7, 11) is 0. The van der Waals surface area contributed by atoms with Gasteiger partial charge in [-0.3, -0.25) is 9.36 Å². The molecule has 3 rings (SSSR count). The standard InChI is InChI=1S/C18H24N4O2S/c1-3-11-19-17(23)13(2)25-18-21-20-16(15-10-7-12-24-15)22(18)14-8-5-4-6-9-14/h3,7,10,12-14H,1,4-6,8-9,11H2,2H3,(H,19,23). The average Bonchev–Trinajstić information content (AvgIpc) is 3.29. The fraction of sp³-hybridized carbons (Fsp3) is 0.500. The lowest BCUT2D eigenvalue weighted by molar-refractivity contribution is -0.120. The second-order valence-electron chi connectivity index (χ2n) is 6.24. The Morgan fingerprint density at radius 3 is 2.96 bits per heavy atom. The minimum atomic E-state index is -0.254. The van der Waals surface area contributed by atoms with Gasteiger partial charge in [-0.2, -0.15) is 0 Å². The van der Waals surface area contributed by atoms with Crippen LogP contribution in [0.15, 0.2) is 40.6 Å². The molecule has 0 spiro atoms. The van der Waals surface area contributed by atoms with Gasteiger partial charge in [0.05, 0.1) is 11.5 Å². The maximum Gasteiger partial charge on any atom is 0.233 e. The summed E-state index contributed by atoms with van der Waals surface area (Å²) < 4.78 is 7.71. The number of nitrogens with one attached hydrogen (secondary N) is 1. The predicted octanol–water partition coefficient (Wildman–Crippen LogP) is 3.83. The van der Waals surface area contributed by atoms with Gasteiger partial charge in [0.2, 0.25) is 11.7 Å². The molecule has 1 N–H and O–H groups in total. The van der Waals surface area contributed by atoms with E-state index < -0.39 is 0 Å². The molecule has 7 heteroatoms. The first-order valence-corrected chi connectivity index (χ1v) is 9.62. The van der Waals surface area contributed by atoms with Crippen molar-refractivity contribution in [2.45, 2.75) is 55.5 Å². The number of hydrogen-bond acceptors (Lipinski definition) is 5. The van der Waals surface area contributed by atoms with Crippen LogP contribution in [0.25, 0.3) is 11.6 Å². The normalized spacial score (nSPS) is 16.5. The van der Waals surface area contributed by atoms with Gasteiger partial charge in [-0.25, -0.2) is 0 Å². The van der Waals surface area contributed by atoms with Crippen molar-refractivity contribution in [2.75, 3.05) is 6.54 Å². The second kappa shape index (κ2) is 8.38. The van der Waals surface area contributed by atoms with Crippen LogP contribution in [0.2, 0.25) is 0 Å². The van der Waals surface area contributed by atoms with E-state index in [1.54, 1.807) is 12.3 Å². The summed E-state index contributed by atoms with van der Waals surface area (Å²) in [5, 5.41) is 12.1. The van der Waals surface area contributed by atoms with Crippen LogP contribution >= 0.6 is 11.8 Å². The maximum absolute atomic E-state index is 12.2. The van der Waals surface area contributed by atoms with E-state index in [0.29, 0.717) is 18.3 Å². The van der Waals surface area contributed by atoms with Crippen molar-refractivity contribution < 1.29 is 9.21 Å². The van der Waals surface area contributed by atoms with Gasteiger partial charge >= 0.3 is 0 Å². The highest BCUT2D eigenvalue weighted by Crippen LogP contribution is 2.36. The van der Waals surface area contributed by atoms with E-state index in [0.717, 1.165) is 23.8 Å². The third kappa shape index (κ3) is 4.15. The topological polar surface area (TPSA) is 73.0 Å². The lowest BCUT2D eigenvalue weighted by Gasteiger charge is -2.25. The van der Waals surface area contributed by atoms with Crippen LogP contribution in [0.3, 0.4) is 0 Å². The molecule has 1 aliphatic rings. The molecule has 2 heterocycles. The number of thioether (sulfide) groups is 1. The monoisotopic (exact) mass is 360 g/mol. The zero-order chi connectivity index (χ0) is 17.6. The number of carbonyl (C=O) groups is 1. The Morgan fingerprint density at radius 1 is 1.48 bits per heavy atom. The summed E-state index contributed by atoms with van der Waals surface area (Å²) in [5.41, 5.74) is 0. The number of carbonyl (C=O) groups excluding carboxylic acids is 1. The highest BCUT2D eigenvalue weighted by atomic mass is 32.2. The average molecular weight is 360 g/mol. The van der Waals surface area contributed by atoms with Gasteiger partial charge in [0.1, 0.15) is 0 Å². The molecule has 1 saturated carbocycles.